The number of hydrogen-bond donors (Lipinski definition) is 1. The van der Waals surface area contributed by atoms with Crippen LogP contribution in [-0.4, -0.2) is 33.4 Å². The van der Waals surface area contributed by atoms with Crippen molar-refractivity contribution < 1.29 is 23.7 Å². The van der Waals surface area contributed by atoms with Gasteiger partial charge in [0.15, 0.2) is 0 Å². The zero-order valence-corrected chi connectivity index (χ0v) is 13.9. The predicted molar refractivity (Wildman–Crippen MR) is 92.7 cm³/mol. The van der Waals surface area contributed by atoms with Gasteiger partial charge in [0.25, 0.3) is 16.8 Å². The molecule has 1 fully saturated rings. The summed E-state index contributed by atoms with van der Waals surface area (Å²) < 4.78 is 5.58. The molecule has 0 bridgehead atoms. The maximum absolute atomic E-state index is 12.1. The summed E-state index contributed by atoms with van der Waals surface area (Å²) in [7, 11) is 0. The van der Waals surface area contributed by atoms with Crippen molar-refractivity contribution in [3.05, 3.63) is 57.2 Å². The lowest BCUT2D eigenvalue weighted by atomic mass is 10.1. The molecule has 0 radical (unpaired) electrons. The van der Waals surface area contributed by atoms with Crippen LogP contribution < -0.4 is 5.73 Å². The number of non-ortho nitro benzene ring substituents is 1. The number of rotatable bonds is 5. The van der Waals surface area contributed by atoms with Crippen LogP contribution in [0.3, 0.4) is 0 Å². The average molecular weight is 373 g/mol. The highest BCUT2D eigenvalue weighted by atomic mass is 32.2. The van der Waals surface area contributed by atoms with Crippen LogP contribution in [0.2, 0.25) is 0 Å². The van der Waals surface area contributed by atoms with E-state index in [-0.39, 0.29) is 16.4 Å². The molecule has 3 amide bonds. The van der Waals surface area contributed by atoms with Crippen LogP contribution in [-0.2, 0) is 9.59 Å². The van der Waals surface area contributed by atoms with Gasteiger partial charge >= 0.3 is 0 Å². The first-order valence-corrected chi connectivity index (χ1v) is 8.05. The molecule has 0 aliphatic carbocycles. The number of benzene rings is 1. The second kappa shape index (κ2) is 6.84. The minimum atomic E-state index is -0.792. The minimum absolute atomic E-state index is 0.0759. The Labute approximate surface area is 150 Å². The second-order valence-corrected chi connectivity index (χ2v) is 6.24. The Hall–Kier alpha value is -3.40. The van der Waals surface area contributed by atoms with Gasteiger partial charge in [0.1, 0.15) is 18.1 Å². The Morgan fingerprint density at radius 2 is 2.08 bits per heavy atom. The Balaban J connectivity index is 1.85. The molecule has 0 atom stereocenters. The first kappa shape index (κ1) is 17.4. The molecule has 1 aliphatic rings. The first-order valence-electron chi connectivity index (χ1n) is 7.23. The minimum Gasteiger partial charge on any atom is -0.457 e. The van der Waals surface area contributed by atoms with Gasteiger partial charge < -0.3 is 10.2 Å². The van der Waals surface area contributed by atoms with Crippen LogP contribution in [0.5, 0.6) is 0 Å². The molecule has 1 saturated heterocycles. The number of carbonyl (C=O) groups excluding carboxylic acids is 3. The molecular formula is C16H11N3O6S. The van der Waals surface area contributed by atoms with E-state index in [2.05, 4.69) is 0 Å². The number of furan rings is 1. The fraction of sp³-hybridized carbons (Fsp3) is 0.0625. The predicted octanol–water partition coefficient (Wildman–Crippen LogP) is 2.38. The topological polar surface area (TPSA) is 137 Å². The molecule has 9 nitrogen and oxygen atoms in total. The van der Waals surface area contributed by atoms with Crippen molar-refractivity contribution >= 4 is 40.6 Å². The third-order valence-electron chi connectivity index (χ3n) is 3.43. The van der Waals surface area contributed by atoms with Crippen LogP contribution in [0.15, 0.2) is 45.7 Å². The molecule has 1 aliphatic heterocycles. The van der Waals surface area contributed by atoms with E-state index in [4.69, 9.17) is 10.2 Å². The number of nitrogens with two attached hydrogens (primary N) is 1. The summed E-state index contributed by atoms with van der Waals surface area (Å²) in [6.45, 7) is -0.487. The summed E-state index contributed by atoms with van der Waals surface area (Å²) in [4.78, 5) is 46.0. The number of nitrogens with zero attached hydrogens (tertiary/aromatic N) is 2. The zero-order chi connectivity index (χ0) is 18.8. The highest BCUT2D eigenvalue weighted by Gasteiger charge is 2.36. The van der Waals surface area contributed by atoms with Crippen LogP contribution in [0, 0.1) is 10.1 Å². The molecule has 0 saturated carbocycles. The van der Waals surface area contributed by atoms with Crippen molar-refractivity contribution in [1.29, 1.82) is 0 Å². The fourth-order valence-electron chi connectivity index (χ4n) is 2.28. The van der Waals surface area contributed by atoms with E-state index in [1.165, 1.54) is 24.3 Å². The van der Waals surface area contributed by atoms with E-state index in [1.54, 1.807) is 18.2 Å². The third kappa shape index (κ3) is 3.49. The van der Waals surface area contributed by atoms with Crippen molar-refractivity contribution in [3.8, 4) is 11.3 Å². The van der Waals surface area contributed by atoms with Crippen molar-refractivity contribution in [2.75, 3.05) is 6.54 Å². The summed E-state index contributed by atoms with van der Waals surface area (Å²) in [5, 5.41) is 10.3. The van der Waals surface area contributed by atoms with Crippen molar-refractivity contribution in [3.63, 3.8) is 0 Å². The molecule has 10 heteroatoms. The normalized spacial score (nSPS) is 15.7. The molecule has 1 aromatic carbocycles. The van der Waals surface area contributed by atoms with Gasteiger partial charge in [-0.1, -0.05) is 12.1 Å². The SMILES string of the molecule is NC(=O)CN1C(=O)S/C(=C\c2ccc(-c3cccc([N+](=O)[O-])c3)o2)C1=O. The highest BCUT2D eigenvalue weighted by molar-refractivity contribution is 8.18. The van der Waals surface area contributed by atoms with Gasteiger partial charge in [0.2, 0.25) is 5.91 Å². The molecular weight excluding hydrogens is 362 g/mol. The lowest BCUT2D eigenvalue weighted by Gasteiger charge is -2.08. The lowest BCUT2D eigenvalue weighted by molar-refractivity contribution is -0.384. The van der Waals surface area contributed by atoms with E-state index in [1.807, 2.05) is 0 Å². The average Bonchev–Trinajstić information content (AvgIpc) is 3.15. The molecule has 3 rings (SSSR count). The van der Waals surface area contributed by atoms with Crippen molar-refractivity contribution in [1.82, 2.24) is 4.90 Å². The molecule has 2 aromatic rings. The largest absolute Gasteiger partial charge is 0.457 e. The maximum atomic E-state index is 12.1. The van der Waals surface area contributed by atoms with Gasteiger partial charge in [-0.2, -0.15) is 0 Å². The van der Waals surface area contributed by atoms with E-state index in [0.717, 1.165) is 4.90 Å². The van der Waals surface area contributed by atoms with Gasteiger partial charge in [-0.05, 0) is 23.9 Å². The summed E-state index contributed by atoms with van der Waals surface area (Å²) in [5.74, 6) is -0.765. The van der Waals surface area contributed by atoms with E-state index >= 15 is 0 Å². The highest BCUT2D eigenvalue weighted by Crippen LogP contribution is 2.33. The summed E-state index contributed by atoms with van der Waals surface area (Å²) >= 11 is 0.671. The number of thioether (sulfide) groups is 1. The van der Waals surface area contributed by atoms with Gasteiger partial charge in [-0.25, -0.2) is 0 Å². The van der Waals surface area contributed by atoms with E-state index in [0.29, 0.717) is 23.1 Å². The quantitative estimate of drug-likeness (QED) is 0.482. The monoisotopic (exact) mass is 373 g/mol. The molecule has 1 aromatic heterocycles. The maximum Gasteiger partial charge on any atom is 0.294 e. The molecule has 26 heavy (non-hydrogen) atoms. The van der Waals surface area contributed by atoms with E-state index < -0.39 is 28.5 Å². The Morgan fingerprint density at radius 1 is 1.31 bits per heavy atom. The number of carbonyl (C=O) groups is 3. The number of amides is 3. The van der Waals surface area contributed by atoms with Crippen molar-refractivity contribution in [2.45, 2.75) is 0 Å². The summed E-state index contributed by atoms with van der Waals surface area (Å²) in [5.41, 5.74) is 5.44. The number of nitro groups is 1. The second-order valence-electron chi connectivity index (χ2n) is 5.24. The van der Waals surface area contributed by atoms with Gasteiger partial charge in [0, 0.05) is 23.8 Å². The van der Waals surface area contributed by atoms with Crippen LogP contribution in [0.4, 0.5) is 10.5 Å². The molecule has 132 valence electrons. The van der Waals surface area contributed by atoms with Crippen molar-refractivity contribution in [2.24, 2.45) is 5.73 Å². The molecule has 2 heterocycles. The van der Waals surface area contributed by atoms with Gasteiger partial charge in [0.05, 0.1) is 9.83 Å². The number of primary amides is 1. The smallest absolute Gasteiger partial charge is 0.294 e. The molecule has 0 spiro atoms. The number of nitro benzene ring substituents is 1. The summed E-state index contributed by atoms with van der Waals surface area (Å²) in [6, 6.07) is 9.07. The Kier molecular flexibility index (Phi) is 4.59. The molecule has 2 N–H and O–H groups in total. The van der Waals surface area contributed by atoms with Crippen LogP contribution in [0.25, 0.3) is 17.4 Å². The van der Waals surface area contributed by atoms with Crippen LogP contribution in [0.1, 0.15) is 5.76 Å². The standard InChI is InChI=1S/C16H11N3O6S/c17-14(20)8-18-15(21)13(26-16(18)22)7-11-4-5-12(25-11)9-2-1-3-10(6-9)19(23)24/h1-7H,8H2,(H2,17,20)/b13-7-. The fourth-order valence-corrected chi connectivity index (χ4v) is 3.10. The Morgan fingerprint density at radius 3 is 2.77 bits per heavy atom. The molecule has 0 unspecified atom stereocenters. The number of imide groups is 1. The first-order chi connectivity index (χ1) is 12.3. The van der Waals surface area contributed by atoms with E-state index in [9.17, 15) is 24.5 Å². The van der Waals surface area contributed by atoms with Crippen LogP contribution >= 0.6 is 11.8 Å². The van der Waals surface area contributed by atoms with Gasteiger partial charge in [-0.3, -0.25) is 29.4 Å². The number of hydrogen-bond acceptors (Lipinski definition) is 7. The lowest BCUT2D eigenvalue weighted by Crippen LogP contribution is -2.36. The third-order valence-corrected chi connectivity index (χ3v) is 4.34. The Bertz CT molecular complexity index is 964. The van der Waals surface area contributed by atoms with Gasteiger partial charge in [-0.15, -0.1) is 0 Å². The zero-order valence-electron chi connectivity index (χ0n) is 13.1. The summed E-state index contributed by atoms with van der Waals surface area (Å²) in [6.07, 6.45) is 1.37.